The van der Waals surface area contributed by atoms with Gasteiger partial charge in [0.2, 0.25) is 0 Å². The molecule has 1 aliphatic heterocycles. The zero-order valence-corrected chi connectivity index (χ0v) is 24.6. The van der Waals surface area contributed by atoms with Gasteiger partial charge in [-0.1, -0.05) is 32.0 Å². The van der Waals surface area contributed by atoms with Crippen LogP contribution in [0.25, 0.3) is 32.6 Å². The summed E-state index contributed by atoms with van der Waals surface area (Å²) in [5, 5.41) is 19.1. The Labute approximate surface area is 249 Å². The highest BCUT2D eigenvalue weighted by Gasteiger charge is 2.19. The summed E-state index contributed by atoms with van der Waals surface area (Å²) in [7, 11) is 0. The van der Waals surface area contributed by atoms with E-state index in [1.54, 1.807) is 17.4 Å². The van der Waals surface area contributed by atoms with Crippen LogP contribution in [0.2, 0.25) is 0 Å². The van der Waals surface area contributed by atoms with Crippen LogP contribution in [-0.4, -0.2) is 48.1 Å². The number of nitrogens with zero attached hydrogens (tertiary/aromatic N) is 3. The van der Waals surface area contributed by atoms with Gasteiger partial charge in [0, 0.05) is 41.9 Å². The van der Waals surface area contributed by atoms with E-state index in [1.807, 2.05) is 17.6 Å². The summed E-state index contributed by atoms with van der Waals surface area (Å²) in [6.07, 6.45) is 2.90. The van der Waals surface area contributed by atoms with Gasteiger partial charge in [0.15, 0.2) is 0 Å². The second-order valence-electron chi connectivity index (χ2n) is 10.6. The maximum absolute atomic E-state index is 14.3. The molecule has 0 unspecified atom stereocenters. The molecule has 216 valence electrons. The molecule has 1 aliphatic rings. The Morgan fingerprint density at radius 3 is 2.74 bits per heavy atom. The van der Waals surface area contributed by atoms with Crippen LogP contribution in [-0.2, 0) is 17.7 Å². The van der Waals surface area contributed by atoms with Crippen molar-refractivity contribution in [3.8, 4) is 28.3 Å². The smallest absolute Gasteiger partial charge is 0.131 e. The van der Waals surface area contributed by atoms with Crippen molar-refractivity contribution < 1.29 is 13.9 Å². The number of benzene rings is 2. The van der Waals surface area contributed by atoms with Crippen LogP contribution in [0.3, 0.4) is 0 Å². The first-order valence-corrected chi connectivity index (χ1v) is 15.2. The van der Waals surface area contributed by atoms with E-state index in [1.165, 1.54) is 28.8 Å². The van der Waals surface area contributed by atoms with Gasteiger partial charge in [-0.2, -0.15) is 0 Å². The van der Waals surface area contributed by atoms with Gasteiger partial charge in [-0.15, -0.1) is 21.5 Å². The average Bonchev–Trinajstić information content (AvgIpc) is 3.51. The van der Waals surface area contributed by atoms with Crippen molar-refractivity contribution in [2.24, 2.45) is 0 Å². The van der Waals surface area contributed by atoms with Gasteiger partial charge in [0.05, 0.1) is 17.9 Å². The topological polar surface area (TPSA) is 81.2 Å². The molecule has 2 aromatic carbocycles. The van der Waals surface area contributed by atoms with E-state index >= 15 is 0 Å². The van der Waals surface area contributed by atoms with Gasteiger partial charge in [0.25, 0.3) is 0 Å². The monoisotopic (exact) mass is 583 g/mol. The van der Waals surface area contributed by atoms with Crippen LogP contribution in [0.1, 0.15) is 36.5 Å². The van der Waals surface area contributed by atoms with Gasteiger partial charge in [0.1, 0.15) is 35.4 Å². The number of anilines is 1. The first-order valence-electron chi connectivity index (χ1n) is 14.3. The van der Waals surface area contributed by atoms with Crippen molar-refractivity contribution >= 4 is 27.2 Å². The lowest BCUT2D eigenvalue weighted by Crippen LogP contribution is -2.23. The van der Waals surface area contributed by atoms with Gasteiger partial charge in [-0.05, 0) is 71.3 Å². The number of hydrogen-bond donors (Lipinski definition) is 2. The average molecular weight is 584 g/mol. The fourth-order valence-corrected chi connectivity index (χ4v) is 6.01. The molecule has 2 N–H and O–H groups in total. The number of rotatable bonds is 11. The molecule has 0 atom stereocenters. The minimum atomic E-state index is -0.370. The summed E-state index contributed by atoms with van der Waals surface area (Å²) in [6.45, 7) is 7.93. The van der Waals surface area contributed by atoms with Crippen LogP contribution in [0, 0.1) is 5.82 Å². The number of aromatic nitrogens is 3. The van der Waals surface area contributed by atoms with Crippen molar-refractivity contribution in [1.29, 1.82) is 0 Å². The first kappa shape index (κ1) is 28.2. The van der Waals surface area contributed by atoms with Gasteiger partial charge in [-0.25, -0.2) is 9.37 Å². The quantitative estimate of drug-likeness (QED) is 0.165. The molecule has 7 nitrogen and oxygen atoms in total. The zero-order valence-electron chi connectivity index (χ0n) is 23.8. The van der Waals surface area contributed by atoms with E-state index in [2.05, 4.69) is 70.0 Å². The van der Waals surface area contributed by atoms with Crippen LogP contribution in [0.5, 0.6) is 5.75 Å². The molecular formula is C33H34FN5O2S. The van der Waals surface area contributed by atoms with Crippen LogP contribution >= 0.6 is 11.3 Å². The number of fused-ring (bicyclic) bond motifs is 2. The Hall–Kier alpha value is -3.92. The summed E-state index contributed by atoms with van der Waals surface area (Å²) in [5.41, 5.74) is 7.19. The molecule has 0 bridgehead atoms. The van der Waals surface area contributed by atoms with Crippen LogP contribution in [0.15, 0.2) is 66.2 Å². The number of halogens is 1. The predicted molar refractivity (Wildman–Crippen MR) is 167 cm³/mol. The molecule has 0 radical (unpaired) electrons. The number of thiophene rings is 1. The van der Waals surface area contributed by atoms with E-state index in [4.69, 9.17) is 9.47 Å². The SMILES string of the molecule is CC(C)c1ccc(NCCOCCOc2cc(F)ccc2-c2nnc(-c3ccc4c(c3)CCNC4)c3ccsc23)nc1. The van der Waals surface area contributed by atoms with Crippen LogP contribution < -0.4 is 15.4 Å². The van der Waals surface area contributed by atoms with E-state index in [0.717, 1.165) is 46.7 Å². The highest BCUT2D eigenvalue weighted by atomic mass is 32.1. The van der Waals surface area contributed by atoms with E-state index in [-0.39, 0.29) is 12.4 Å². The van der Waals surface area contributed by atoms with E-state index < -0.39 is 0 Å². The Bertz CT molecular complexity index is 1670. The molecular weight excluding hydrogens is 549 g/mol. The third-order valence-corrected chi connectivity index (χ3v) is 8.36. The summed E-state index contributed by atoms with van der Waals surface area (Å²) in [4.78, 5) is 4.44. The number of ether oxygens (including phenoxy) is 2. The number of hydrogen-bond acceptors (Lipinski definition) is 8. The molecule has 0 saturated heterocycles. The number of pyridine rings is 1. The van der Waals surface area contributed by atoms with Crippen molar-refractivity contribution in [2.45, 2.75) is 32.7 Å². The molecule has 0 amide bonds. The Balaban J connectivity index is 1.11. The highest BCUT2D eigenvalue weighted by Crippen LogP contribution is 2.39. The lowest BCUT2D eigenvalue weighted by Gasteiger charge is -2.18. The maximum atomic E-state index is 14.3. The molecule has 0 saturated carbocycles. The molecule has 0 spiro atoms. The zero-order chi connectivity index (χ0) is 28.9. The summed E-state index contributed by atoms with van der Waals surface area (Å²) in [6, 6.07) is 17.2. The van der Waals surface area contributed by atoms with Gasteiger partial charge < -0.3 is 20.1 Å². The molecule has 5 aromatic rings. The summed E-state index contributed by atoms with van der Waals surface area (Å²) >= 11 is 1.60. The molecule has 4 heterocycles. The fraction of sp³-hybridized carbons (Fsp3) is 0.303. The molecule has 42 heavy (non-hydrogen) atoms. The van der Waals surface area contributed by atoms with Crippen molar-refractivity contribution in [1.82, 2.24) is 20.5 Å². The van der Waals surface area contributed by atoms with Gasteiger partial charge >= 0.3 is 0 Å². The third kappa shape index (κ3) is 6.28. The number of nitrogens with one attached hydrogen (secondary N) is 2. The lowest BCUT2D eigenvalue weighted by atomic mass is 9.96. The minimum absolute atomic E-state index is 0.279. The van der Waals surface area contributed by atoms with Crippen molar-refractivity contribution in [3.63, 3.8) is 0 Å². The van der Waals surface area contributed by atoms with E-state index in [0.29, 0.717) is 42.7 Å². The predicted octanol–water partition coefficient (Wildman–Crippen LogP) is 6.84. The van der Waals surface area contributed by atoms with E-state index in [9.17, 15) is 4.39 Å². The highest BCUT2D eigenvalue weighted by molar-refractivity contribution is 7.17. The Morgan fingerprint density at radius 1 is 0.976 bits per heavy atom. The normalized spacial score (nSPS) is 13.0. The second kappa shape index (κ2) is 12.9. The van der Waals surface area contributed by atoms with Crippen molar-refractivity contribution in [3.05, 3.63) is 88.7 Å². The summed E-state index contributed by atoms with van der Waals surface area (Å²) < 4.78 is 27.0. The van der Waals surface area contributed by atoms with Crippen molar-refractivity contribution in [2.75, 3.05) is 38.2 Å². The first-order chi connectivity index (χ1) is 20.6. The van der Waals surface area contributed by atoms with Gasteiger partial charge in [-0.3, -0.25) is 0 Å². The molecule has 9 heteroatoms. The largest absolute Gasteiger partial charge is 0.490 e. The maximum Gasteiger partial charge on any atom is 0.131 e. The molecule has 0 aliphatic carbocycles. The molecule has 6 rings (SSSR count). The summed E-state index contributed by atoms with van der Waals surface area (Å²) in [5.74, 6) is 1.32. The lowest BCUT2D eigenvalue weighted by molar-refractivity contribution is 0.107. The molecule has 3 aromatic heterocycles. The fourth-order valence-electron chi connectivity index (χ4n) is 5.12. The second-order valence-corrected chi connectivity index (χ2v) is 11.5. The Morgan fingerprint density at radius 2 is 1.88 bits per heavy atom. The minimum Gasteiger partial charge on any atom is -0.490 e. The Kier molecular flexibility index (Phi) is 8.69. The van der Waals surface area contributed by atoms with Crippen LogP contribution in [0.4, 0.5) is 10.2 Å². The standard InChI is InChI=1S/C33H34FN5O2S/c1-21(2)24-5-8-30(37-20-24)36-12-13-40-14-15-41-29-18-26(34)6-7-27(29)32-33-28(10-16-42-33)31(38-39-32)23-3-4-25-19-35-11-9-22(25)17-23/h3-8,10,16-18,20-21,35H,9,11-15,19H2,1-2H3,(H,36,37). The molecule has 0 fully saturated rings. The third-order valence-electron chi connectivity index (χ3n) is 7.44.